The zero-order valence-electron chi connectivity index (χ0n) is 23.7. The molecular weight excluding hydrogens is 705 g/mol. The molecule has 0 saturated carbocycles. The number of benzene rings is 1. The van der Waals surface area contributed by atoms with Crippen molar-refractivity contribution in [3.63, 3.8) is 0 Å². The number of nitrogens with zero attached hydrogens (tertiary/aromatic N) is 3. The molecule has 3 heterocycles. The van der Waals surface area contributed by atoms with Gasteiger partial charge in [0.25, 0.3) is 10.2 Å². The number of halogens is 7. The second-order valence-electron chi connectivity index (χ2n) is 11.1. The van der Waals surface area contributed by atoms with E-state index < -0.39 is 33.6 Å². The summed E-state index contributed by atoms with van der Waals surface area (Å²) in [5.74, 6) is -3.18. The third-order valence-corrected chi connectivity index (χ3v) is 9.73. The van der Waals surface area contributed by atoms with E-state index in [2.05, 4.69) is 10.2 Å². The number of amides is 1. The van der Waals surface area contributed by atoms with Crippen LogP contribution in [0.2, 0.25) is 0 Å². The SMILES string of the molecule is CC(F)(F)CC1CN(S(=O)(=O)N2CCC[C@H](C(C)(O)N3CCCC3)C2)C1.F.I.O=CNCc1ccc(C(F)(F)F)cc1.[HH]. The summed E-state index contributed by atoms with van der Waals surface area (Å²) in [4.78, 5) is 12.0. The smallest absolute Gasteiger partial charge is 0.376 e. The lowest BCUT2D eigenvalue weighted by Crippen LogP contribution is -2.60. The molecule has 42 heavy (non-hydrogen) atoms. The predicted octanol–water partition coefficient (Wildman–Crippen LogP) is 4.69. The number of alkyl halides is 5. The van der Waals surface area contributed by atoms with Crippen LogP contribution in [-0.2, 0) is 27.7 Å². The Morgan fingerprint density at radius 1 is 0.976 bits per heavy atom. The second kappa shape index (κ2) is 15.7. The fourth-order valence-electron chi connectivity index (χ4n) is 5.51. The Morgan fingerprint density at radius 3 is 2.05 bits per heavy atom. The summed E-state index contributed by atoms with van der Waals surface area (Å²) in [5, 5.41) is 13.4. The average Bonchev–Trinajstić information content (AvgIpc) is 3.40. The summed E-state index contributed by atoms with van der Waals surface area (Å²) >= 11 is 0. The first-order valence-corrected chi connectivity index (χ1v) is 14.9. The first-order chi connectivity index (χ1) is 18.5. The van der Waals surface area contributed by atoms with Gasteiger partial charge in [-0.2, -0.15) is 30.2 Å². The van der Waals surface area contributed by atoms with Crippen molar-refractivity contribution in [1.29, 1.82) is 0 Å². The summed E-state index contributed by atoms with van der Waals surface area (Å²) in [6.45, 7) is 5.63. The Balaban J connectivity index is 0.000000895. The van der Waals surface area contributed by atoms with Gasteiger partial charge in [-0.15, -0.1) is 24.0 Å². The average molecular weight is 749 g/mol. The highest BCUT2D eigenvalue weighted by molar-refractivity contribution is 14.0. The number of likely N-dealkylation sites (tertiary alicyclic amines) is 1. The molecule has 246 valence electrons. The highest BCUT2D eigenvalue weighted by Gasteiger charge is 2.47. The second-order valence-corrected chi connectivity index (χ2v) is 13.1. The molecule has 0 bridgehead atoms. The third kappa shape index (κ3) is 10.5. The topological polar surface area (TPSA) is 93.2 Å². The molecule has 3 aliphatic rings. The minimum atomic E-state index is -4.31. The van der Waals surface area contributed by atoms with E-state index in [1.54, 1.807) is 6.92 Å². The highest BCUT2D eigenvalue weighted by atomic mass is 127. The Hall–Kier alpha value is -1.21. The van der Waals surface area contributed by atoms with Gasteiger partial charge in [-0.05, 0) is 63.1 Å². The minimum absolute atomic E-state index is 0. The van der Waals surface area contributed by atoms with E-state index in [0.29, 0.717) is 24.9 Å². The largest absolute Gasteiger partial charge is 0.416 e. The van der Waals surface area contributed by atoms with E-state index >= 15 is 0 Å². The lowest BCUT2D eigenvalue weighted by atomic mass is 9.88. The molecule has 3 saturated heterocycles. The van der Waals surface area contributed by atoms with E-state index in [0.717, 1.165) is 51.4 Å². The third-order valence-electron chi connectivity index (χ3n) is 7.80. The van der Waals surface area contributed by atoms with Gasteiger partial charge in [-0.1, -0.05) is 12.1 Å². The Morgan fingerprint density at radius 2 is 1.55 bits per heavy atom. The number of carbonyl (C=O) groups excluding carboxylic acids is 1. The fraction of sp³-hybridized carbons (Fsp3) is 0.731. The van der Waals surface area contributed by atoms with Gasteiger partial charge >= 0.3 is 6.18 Å². The number of aliphatic hydroxyl groups is 1. The number of hydrogen-bond acceptors (Lipinski definition) is 5. The molecule has 1 unspecified atom stereocenters. The van der Waals surface area contributed by atoms with Gasteiger partial charge < -0.3 is 10.4 Å². The number of piperidine rings is 1. The van der Waals surface area contributed by atoms with Gasteiger partial charge in [0.1, 0.15) is 5.72 Å². The molecule has 0 aliphatic carbocycles. The molecule has 1 aromatic carbocycles. The fourth-order valence-corrected chi connectivity index (χ4v) is 7.36. The maximum atomic E-state index is 13.1. The van der Waals surface area contributed by atoms with E-state index in [1.807, 2.05) is 0 Å². The van der Waals surface area contributed by atoms with Crippen LogP contribution in [-0.4, -0.2) is 84.4 Å². The zero-order chi connectivity index (χ0) is 29.8. The number of hydrogen-bond donors (Lipinski definition) is 2. The van der Waals surface area contributed by atoms with E-state index in [9.17, 15) is 40.3 Å². The van der Waals surface area contributed by atoms with Gasteiger partial charge in [0, 0.05) is 59.6 Å². The number of carbonyl (C=O) groups is 1. The van der Waals surface area contributed by atoms with Crippen molar-refractivity contribution in [2.75, 3.05) is 39.3 Å². The Kier molecular flexibility index (Phi) is 14.5. The van der Waals surface area contributed by atoms with Crippen LogP contribution in [0.5, 0.6) is 0 Å². The van der Waals surface area contributed by atoms with Crippen LogP contribution >= 0.6 is 24.0 Å². The van der Waals surface area contributed by atoms with Gasteiger partial charge in [0.2, 0.25) is 12.3 Å². The summed E-state index contributed by atoms with van der Waals surface area (Å²) in [6.07, 6.45) is -0.470. The number of nitrogens with one attached hydrogen (secondary N) is 1. The van der Waals surface area contributed by atoms with E-state index in [1.165, 1.54) is 20.7 Å². The van der Waals surface area contributed by atoms with E-state index in [-0.39, 0.29) is 74.5 Å². The van der Waals surface area contributed by atoms with Crippen LogP contribution in [0.1, 0.15) is 58.5 Å². The van der Waals surface area contributed by atoms with Crippen LogP contribution in [0, 0.1) is 11.8 Å². The van der Waals surface area contributed by atoms with Crippen LogP contribution in [0.15, 0.2) is 24.3 Å². The number of rotatable bonds is 9. The summed E-state index contributed by atoms with van der Waals surface area (Å²) < 4.78 is 90.9. The first kappa shape index (κ1) is 38.8. The molecule has 0 aromatic heterocycles. The predicted molar refractivity (Wildman–Crippen MR) is 159 cm³/mol. The van der Waals surface area contributed by atoms with Crippen molar-refractivity contribution in [2.45, 2.75) is 70.3 Å². The van der Waals surface area contributed by atoms with Gasteiger partial charge in [-0.25, -0.2) is 8.78 Å². The van der Waals surface area contributed by atoms with Gasteiger partial charge in [0.05, 0.1) is 5.56 Å². The summed E-state index contributed by atoms with van der Waals surface area (Å²) in [5.41, 5.74) is -1.07. The van der Waals surface area contributed by atoms with Gasteiger partial charge in [0.15, 0.2) is 0 Å². The molecule has 2 N–H and O–H groups in total. The van der Waals surface area contributed by atoms with Crippen molar-refractivity contribution in [3.8, 4) is 0 Å². The maximum absolute atomic E-state index is 13.1. The quantitative estimate of drug-likeness (QED) is 0.217. The first-order valence-electron chi connectivity index (χ1n) is 13.5. The van der Waals surface area contributed by atoms with Crippen LogP contribution in [0.25, 0.3) is 0 Å². The van der Waals surface area contributed by atoms with E-state index in [4.69, 9.17) is 0 Å². The highest BCUT2D eigenvalue weighted by Crippen LogP contribution is 2.36. The molecule has 4 rings (SSSR count). The van der Waals surface area contributed by atoms with Crippen molar-refractivity contribution in [2.24, 2.45) is 11.8 Å². The maximum Gasteiger partial charge on any atom is 0.416 e. The normalized spacial score (nSPS) is 22.4. The van der Waals surface area contributed by atoms with Gasteiger partial charge in [-0.3, -0.25) is 14.4 Å². The molecule has 1 aromatic rings. The molecule has 0 radical (unpaired) electrons. The van der Waals surface area contributed by atoms with Crippen LogP contribution < -0.4 is 5.32 Å². The van der Waals surface area contributed by atoms with Crippen molar-refractivity contribution in [3.05, 3.63) is 35.4 Å². The summed E-state index contributed by atoms with van der Waals surface area (Å²) in [7, 11) is -3.64. The molecule has 0 spiro atoms. The molecule has 3 fully saturated rings. The van der Waals surface area contributed by atoms with Crippen LogP contribution in [0.3, 0.4) is 0 Å². The molecule has 8 nitrogen and oxygen atoms in total. The Labute approximate surface area is 262 Å². The lowest BCUT2D eigenvalue weighted by Gasteiger charge is -2.47. The lowest BCUT2D eigenvalue weighted by molar-refractivity contribution is -0.137. The Bertz CT molecular complexity index is 1080. The van der Waals surface area contributed by atoms with Crippen molar-refractivity contribution in [1.82, 2.24) is 18.8 Å². The zero-order valence-corrected chi connectivity index (χ0v) is 26.8. The molecule has 3 aliphatic heterocycles. The van der Waals surface area contributed by atoms with Crippen molar-refractivity contribution >= 4 is 40.6 Å². The molecular formula is C26H43F6IN4O4S. The monoisotopic (exact) mass is 748 g/mol. The van der Waals surface area contributed by atoms with Crippen LogP contribution in [0.4, 0.5) is 26.7 Å². The molecule has 1 amide bonds. The summed E-state index contributed by atoms with van der Waals surface area (Å²) in [6, 6.07) is 4.64. The minimum Gasteiger partial charge on any atom is -0.376 e. The molecule has 16 heteroatoms. The molecule has 2 atom stereocenters. The standard InChI is InChI=1S/C17H31F2N3O3S.C9H8F3NO.FH.HI.H2/c1-16(18,19)10-14-11-22(12-14)26(24,25)21-9-5-6-15(13-21)17(2,23)20-7-3-4-8-20;10-9(11,12)8-3-1-7(2-4-8)5-13-6-14;;;/h14-15,23H,3-13H2,1-2H3;1-4,6H,5H2,(H,13,14);3*1H/t15-,17?;;;;/m0..../s1. The van der Waals surface area contributed by atoms with Crippen molar-refractivity contribution < 1.29 is 46.4 Å².